The molecule has 0 saturated carbocycles. The highest BCUT2D eigenvalue weighted by atomic mass is 16.5. The van der Waals surface area contributed by atoms with E-state index in [1.165, 1.54) is 5.56 Å². The number of aliphatic hydroxyl groups excluding tert-OH is 1. The molecule has 0 atom stereocenters. The molecule has 2 rings (SSSR count). The summed E-state index contributed by atoms with van der Waals surface area (Å²) in [6, 6.07) is 10.1. The molecule has 0 fully saturated rings. The van der Waals surface area contributed by atoms with Crippen LogP contribution >= 0.6 is 0 Å². The van der Waals surface area contributed by atoms with Gasteiger partial charge < -0.3 is 14.7 Å². The second-order valence-electron chi connectivity index (χ2n) is 3.30. The van der Waals surface area contributed by atoms with Gasteiger partial charge in [-0.2, -0.15) is 0 Å². The highest BCUT2D eigenvalue weighted by Gasteiger charge is 2.09. The second-order valence-corrected chi connectivity index (χ2v) is 3.30. The summed E-state index contributed by atoms with van der Waals surface area (Å²) in [6.45, 7) is 0.726. The Morgan fingerprint density at radius 1 is 1.20 bits per heavy atom. The Hall–Kier alpha value is -1.74. The molecule has 3 heteroatoms. The molecule has 1 heterocycles. The van der Waals surface area contributed by atoms with Crippen molar-refractivity contribution >= 4 is 0 Å². The molecule has 0 bridgehead atoms. The van der Waals surface area contributed by atoms with E-state index in [4.69, 9.17) is 9.84 Å². The lowest BCUT2D eigenvalue weighted by Crippen LogP contribution is -2.20. The van der Waals surface area contributed by atoms with Crippen LogP contribution in [0.5, 0.6) is 0 Å². The predicted molar refractivity (Wildman–Crippen MR) is 57.4 cm³/mol. The van der Waals surface area contributed by atoms with Crippen molar-refractivity contribution in [2.24, 2.45) is 0 Å². The van der Waals surface area contributed by atoms with Gasteiger partial charge in [-0.3, -0.25) is 0 Å². The van der Waals surface area contributed by atoms with Gasteiger partial charge >= 0.3 is 0 Å². The van der Waals surface area contributed by atoms with Gasteiger partial charge in [0.15, 0.2) is 0 Å². The Bertz CT molecular complexity index is 370. The molecule has 0 amide bonds. The first kappa shape index (κ1) is 9.80. The highest BCUT2D eigenvalue weighted by Crippen LogP contribution is 2.14. The minimum atomic E-state index is -0.0167. The molecular formula is C12H13NO2. The van der Waals surface area contributed by atoms with Gasteiger partial charge in [0, 0.05) is 12.7 Å². The number of benzene rings is 1. The highest BCUT2D eigenvalue weighted by molar-refractivity contribution is 5.17. The standard InChI is InChI=1S/C12H13NO2/c14-9-12-10-15-7-6-13(12)8-11-4-2-1-3-5-11/h1-7,10,14H,8-9H2. The number of hydrogen-bond donors (Lipinski definition) is 1. The van der Waals surface area contributed by atoms with Gasteiger partial charge in [-0.15, -0.1) is 0 Å². The van der Waals surface area contributed by atoms with E-state index >= 15 is 0 Å². The van der Waals surface area contributed by atoms with Gasteiger partial charge in [-0.25, -0.2) is 0 Å². The molecule has 0 saturated heterocycles. The lowest BCUT2D eigenvalue weighted by atomic mass is 10.2. The Kier molecular flexibility index (Phi) is 3.05. The molecule has 1 aromatic carbocycles. The Labute approximate surface area is 88.9 Å². The van der Waals surface area contributed by atoms with E-state index in [1.807, 2.05) is 29.3 Å². The first-order valence-electron chi connectivity index (χ1n) is 4.83. The monoisotopic (exact) mass is 203 g/mol. The topological polar surface area (TPSA) is 32.7 Å². The van der Waals surface area contributed by atoms with Crippen LogP contribution in [-0.2, 0) is 11.3 Å². The molecule has 1 aliphatic rings. The van der Waals surface area contributed by atoms with Gasteiger partial charge in [-0.1, -0.05) is 30.3 Å². The maximum Gasteiger partial charge on any atom is 0.112 e. The third-order valence-corrected chi connectivity index (χ3v) is 2.25. The van der Waals surface area contributed by atoms with Gasteiger partial charge in [0.05, 0.1) is 12.3 Å². The van der Waals surface area contributed by atoms with Crippen LogP contribution in [0, 0.1) is 0 Å². The summed E-state index contributed by atoms with van der Waals surface area (Å²) in [5.74, 6) is 0. The average Bonchev–Trinajstić information content (AvgIpc) is 2.31. The minimum Gasteiger partial charge on any atom is -0.469 e. The van der Waals surface area contributed by atoms with Crippen molar-refractivity contribution in [1.29, 1.82) is 0 Å². The summed E-state index contributed by atoms with van der Waals surface area (Å²) in [6.07, 6.45) is 4.98. The van der Waals surface area contributed by atoms with Crippen LogP contribution in [0.4, 0.5) is 0 Å². The van der Waals surface area contributed by atoms with E-state index in [0.29, 0.717) is 0 Å². The van der Waals surface area contributed by atoms with Gasteiger partial charge in [-0.05, 0) is 5.56 Å². The smallest absolute Gasteiger partial charge is 0.112 e. The zero-order chi connectivity index (χ0) is 10.5. The molecule has 1 aromatic rings. The van der Waals surface area contributed by atoms with Crippen LogP contribution in [0.1, 0.15) is 5.56 Å². The minimum absolute atomic E-state index is 0.0167. The fourth-order valence-corrected chi connectivity index (χ4v) is 1.45. The molecule has 1 aliphatic heterocycles. The Morgan fingerprint density at radius 2 is 2.00 bits per heavy atom. The van der Waals surface area contributed by atoms with Crippen molar-refractivity contribution in [1.82, 2.24) is 4.90 Å². The molecule has 1 N–H and O–H groups in total. The maximum absolute atomic E-state index is 9.12. The summed E-state index contributed by atoms with van der Waals surface area (Å²) in [4.78, 5) is 1.96. The fraction of sp³-hybridized carbons (Fsp3) is 0.167. The number of ether oxygens (including phenoxy) is 1. The van der Waals surface area contributed by atoms with Crippen molar-refractivity contribution < 1.29 is 9.84 Å². The molecule has 0 aromatic heterocycles. The van der Waals surface area contributed by atoms with Crippen molar-refractivity contribution in [3.05, 3.63) is 60.3 Å². The first-order valence-corrected chi connectivity index (χ1v) is 4.83. The Balaban J connectivity index is 2.08. The molecular weight excluding hydrogens is 190 g/mol. The number of nitrogens with zero attached hydrogens (tertiary/aromatic N) is 1. The lowest BCUT2D eigenvalue weighted by Gasteiger charge is -2.24. The summed E-state index contributed by atoms with van der Waals surface area (Å²) in [5.41, 5.74) is 1.96. The molecule has 3 nitrogen and oxygen atoms in total. The van der Waals surface area contributed by atoms with E-state index in [2.05, 4.69) is 12.1 Å². The van der Waals surface area contributed by atoms with Crippen LogP contribution in [0.2, 0.25) is 0 Å². The molecule has 0 unspecified atom stereocenters. The van der Waals surface area contributed by atoms with Gasteiger partial charge in [0.1, 0.15) is 12.5 Å². The van der Waals surface area contributed by atoms with Gasteiger partial charge in [0.2, 0.25) is 0 Å². The zero-order valence-corrected chi connectivity index (χ0v) is 8.34. The summed E-state index contributed by atoms with van der Waals surface area (Å²) in [7, 11) is 0. The average molecular weight is 203 g/mol. The van der Waals surface area contributed by atoms with Gasteiger partial charge in [0.25, 0.3) is 0 Å². The van der Waals surface area contributed by atoms with Crippen molar-refractivity contribution in [3.63, 3.8) is 0 Å². The number of rotatable bonds is 3. The predicted octanol–water partition coefficient (Wildman–Crippen LogP) is 1.82. The van der Waals surface area contributed by atoms with Crippen molar-refractivity contribution in [2.75, 3.05) is 6.61 Å². The SMILES string of the molecule is OCC1=COC=CN1Cc1ccccc1. The molecule has 15 heavy (non-hydrogen) atoms. The first-order chi connectivity index (χ1) is 7.40. The third kappa shape index (κ3) is 2.39. The lowest BCUT2D eigenvalue weighted by molar-refractivity contribution is 0.247. The third-order valence-electron chi connectivity index (χ3n) is 2.25. The summed E-state index contributed by atoms with van der Waals surface area (Å²) in [5, 5.41) is 9.12. The van der Waals surface area contributed by atoms with E-state index in [0.717, 1.165) is 12.2 Å². The summed E-state index contributed by atoms with van der Waals surface area (Å²) < 4.78 is 5.00. The van der Waals surface area contributed by atoms with Crippen LogP contribution in [0.25, 0.3) is 0 Å². The van der Waals surface area contributed by atoms with Crippen LogP contribution in [0.15, 0.2) is 54.8 Å². The van der Waals surface area contributed by atoms with E-state index in [-0.39, 0.29) is 6.61 Å². The normalized spacial score (nSPS) is 14.7. The van der Waals surface area contributed by atoms with Crippen LogP contribution in [0.3, 0.4) is 0 Å². The molecule has 0 aliphatic carbocycles. The maximum atomic E-state index is 9.12. The molecule has 0 spiro atoms. The zero-order valence-electron chi connectivity index (χ0n) is 8.34. The molecule has 0 radical (unpaired) electrons. The van der Waals surface area contributed by atoms with Crippen molar-refractivity contribution in [3.8, 4) is 0 Å². The number of hydrogen-bond acceptors (Lipinski definition) is 3. The summed E-state index contributed by atoms with van der Waals surface area (Å²) >= 11 is 0. The van der Waals surface area contributed by atoms with E-state index < -0.39 is 0 Å². The Morgan fingerprint density at radius 3 is 2.73 bits per heavy atom. The van der Waals surface area contributed by atoms with Crippen LogP contribution in [-0.4, -0.2) is 16.6 Å². The van der Waals surface area contributed by atoms with E-state index in [1.54, 1.807) is 12.5 Å². The second kappa shape index (κ2) is 4.66. The quantitative estimate of drug-likeness (QED) is 0.813. The largest absolute Gasteiger partial charge is 0.469 e. The van der Waals surface area contributed by atoms with Crippen molar-refractivity contribution in [2.45, 2.75) is 6.54 Å². The van der Waals surface area contributed by atoms with E-state index in [9.17, 15) is 0 Å². The fourth-order valence-electron chi connectivity index (χ4n) is 1.45. The van der Waals surface area contributed by atoms with Crippen LogP contribution < -0.4 is 0 Å². The molecule has 78 valence electrons. The number of aliphatic hydroxyl groups is 1.